The second-order valence-corrected chi connectivity index (χ2v) is 4.82. The number of aryl methyl sites for hydroxylation is 1. The second-order valence-electron chi connectivity index (χ2n) is 4.02. The summed E-state index contributed by atoms with van der Waals surface area (Å²) in [6.45, 7) is 0.512. The van der Waals surface area contributed by atoms with Gasteiger partial charge in [-0.3, -0.25) is 9.78 Å². The molecule has 0 unspecified atom stereocenters. The molecule has 0 aliphatic carbocycles. The molecule has 1 aromatic carbocycles. The highest BCUT2D eigenvalue weighted by Crippen LogP contribution is 2.08. The van der Waals surface area contributed by atoms with E-state index in [9.17, 15) is 4.79 Å². The average molecular weight is 276 g/mol. The molecule has 2 rings (SSSR count). The van der Waals surface area contributed by atoms with Gasteiger partial charge in [-0.2, -0.15) is 0 Å². The van der Waals surface area contributed by atoms with Crippen LogP contribution in [0.25, 0.3) is 0 Å². The van der Waals surface area contributed by atoms with E-state index in [4.69, 9.17) is 4.74 Å². The quantitative estimate of drug-likeness (QED) is 0.500. The zero-order valence-electron chi connectivity index (χ0n) is 10.8. The van der Waals surface area contributed by atoms with Gasteiger partial charge < -0.3 is 4.74 Å². The molecule has 0 amide bonds. The van der Waals surface area contributed by atoms with E-state index >= 15 is 0 Å². The summed E-state index contributed by atoms with van der Waals surface area (Å²) in [7, 11) is 0. The number of aromatic amines is 1. The fourth-order valence-electron chi connectivity index (χ4n) is 1.68. The summed E-state index contributed by atoms with van der Waals surface area (Å²) < 4.78 is 5.44. The average Bonchev–Trinajstić information content (AvgIpc) is 2.46. The number of hydrogen-bond donors (Lipinski definition) is 1. The van der Waals surface area contributed by atoms with Gasteiger partial charge in [0.05, 0.1) is 12.8 Å². The van der Waals surface area contributed by atoms with Gasteiger partial charge in [0.1, 0.15) is 0 Å². The molecule has 0 saturated carbocycles. The molecule has 0 atom stereocenters. The van der Waals surface area contributed by atoms with Crippen molar-refractivity contribution in [1.29, 1.82) is 0 Å². The molecule has 0 bridgehead atoms. The second kappa shape index (κ2) is 6.99. The molecule has 0 spiro atoms. The summed E-state index contributed by atoms with van der Waals surface area (Å²) in [6, 6.07) is 10.2. The van der Waals surface area contributed by atoms with Crippen LogP contribution >= 0.6 is 11.8 Å². The maximum atomic E-state index is 11.6. The molecule has 0 saturated heterocycles. The molecule has 1 aromatic heterocycles. The Balaban J connectivity index is 1.81. The van der Waals surface area contributed by atoms with E-state index in [0.717, 1.165) is 12.8 Å². The molecule has 4 nitrogen and oxygen atoms in total. The number of H-pyrrole nitrogens is 1. The van der Waals surface area contributed by atoms with E-state index in [1.54, 1.807) is 0 Å². The summed E-state index contributed by atoms with van der Waals surface area (Å²) >= 11 is 1.40. The highest BCUT2D eigenvalue weighted by atomic mass is 32.2. The smallest absolute Gasteiger partial charge is 0.293 e. The molecule has 100 valence electrons. The first-order chi connectivity index (χ1) is 9.29. The SMILES string of the molecule is CSc1ncc(OCCCc2ccccc2)c(=O)[nH]1. The Labute approximate surface area is 116 Å². The number of ether oxygens (including phenoxy) is 1. The van der Waals surface area contributed by atoms with Crippen molar-refractivity contribution in [2.24, 2.45) is 0 Å². The van der Waals surface area contributed by atoms with Crippen molar-refractivity contribution in [3.63, 3.8) is 0 Å². The van der Waals surface area contributed by atoms with Crippen LogP contribution in [0.5, 0.6) is 5.75 Å². The van der Waals surface area contributed by atoms with Crippen molar-refractivity contribution in [2.75, 3.05) is 12.9 Å². The predicted molar refractivity (Wildman–Crippen MR) is 76.9 cm³/mol. The number of nitrogens with zero attached hydrogens (tertiary/aromatic N) is 1. The van der Waals surface area contributed by atoms with Crippen LogP contribution < -0.4 is 10.3 Å². The molecule has 2 aromatic rings. The van der Waals surface area contributed by atoms with E-state index in [0.29, 0.717) is 11.8 Å². The molecular weight excluding hydrogens is 260 g/mol. The summed E-state index contributed by atoms with van der Waals surface area (Å²) in [6.07, 6.45) is 5.15. The van der Waals surface area contributed by atoms with Gasteiger partial charge in [-0.1, -0.05) is 42.1 Å². The highest BCUT2D eigenvalue weighted by molar-refractivity contribution is 7.98. The summed E-state index contributed by atoms with van der Waals surface area (Å²) in [5.41, 5.74) is 1.05. The van der Waals surface area contributed by atoms with Gasteiger partial charge in [0.15, 0.2) is 5.16 Å². The van der Waals surface area contributed by atoms with Crippen molar-refractivity contribution in [2.45, 2.75) is 18.0 Å². The van der Waals surface area contributed by atoms with Gasteiger partial charge >= 0.3 is 0 Å². The maximum Gasteiger partial charge on any atom is 0.293 e. The largest absolute Gasteiger partial charge is 0.487 e. The minimum Gasteiger partial charge on any atom is -0.487 e. The van der Waals surface area contributed by atoms with Crippen molar-refractivity contribution >= 4 is 11.8 Å². The summed E-state index contributed by atoms with van der Waals surface area (Å²) in [4.78, 5) is 18.4. The lowest BCUT2D eigenvalue weighted by atomic mass is 10.1. The Hall–Kier alpha value is -1.75. The molecular formula is C14H16N2O2S. The Morgan fingerprint density at radius 1 is 1.32 bits per heavy atom. The monoisotopic (exact) mass is 276 g/mol. The minimum absolute atomic E-state index is 0.223. The van der Waals surface area contributed by atoms with Crippen LogP contribution in [0.1, 0.15) is 12.0 Å². The van der Waals surface area contributed by atoms with Gasteiger partial charge in [0.25, 0.3) is 5.56 Å². The number of aromatic nitrogens is 2. The lowest BCUT2D eigenvalue weighted by molar-refractivity contribution is 0.304. The van der Waals surface area contributed by atoms with E-state index < -0.39 is 0 Å². The first-order valence-corrected chi connectivity index (χ1v) is 7.32. The van der Waals surface area contributed by atoms with E-state index in [2.05, 4.69) is 22.1 Å². The van der Waals surface area contributed by atoms with Crippen LogP contribution in [0.3, 0.4) is 0 Å². The third-order valence-corrected chi connectivity index (χ3v) is 3.24. The molecule has 19 heavy (non-hydrogen) atoms. The van der Waals surface area contributed by atoms with Gasteiger partial charge in [-0.15, -0.1) is 0 Å². The van der Waals surface area contributed by atoms with E-state index in [1.165, 1.54) is 23.5 Å². The Kier molecular flexibility index (Phi) is 5.03. The minimum atomic E-state index is -0.223. The fraction of sp³-hybridized carbons (Fsp3) is 0.286. The van der Waals surface area contributed by atoms with Crippen molar-refractivity contribution < 1.29 is 4.74 Å². The molecule has 0 aliphatic rings. The predicted octanol–water partition coefficient (Wildman–Crippen LogP) is 2.50. The van der Waals surface area contributed by atoms with Crippen molar-refractivity contribution in [1.82, 2.24) is 9.97 Å². The third kappa shape index (κ3) is 4.13. The van der Waals surface area contributed by atoms with Crippen LogP contribution in [-0.4, -0.2) is 22.8 Å². The molecule has 0 fully saturated rings. The first kappa shape index (κ1) is 13.7. The Bertz CT molecular complexity index is 569. The van der Waals surface area contributed by atoms with Crippen LogP contribution in [0, 0.1) is 0 Å². The highest BCUT2D eigenvalue weighted by Gasteiger charge is 2.02. The number of thioether (sulfide) groups is 1. The standard InChI is InChI=1S/C14H16N2O2S/c1-19-14-15-10-12(13(17)16-14)18-9-5-8-11-6-3-2-4-7-11/h2-4,6-7,10H,5,8-9H2,1H3,(H,15,16,17). The fourth-order valence-corrected chi connectivity index (χ4v) is 2.03. The van der Waals surface area contributed by atoms with Gasteiger partial charge in [-0.05, 0) is 24.7 Å². The number of nitrogens with one attached hydrogen (secondary N) is 1. The Morgan fingerprint density at radius 2 is 2.11 bits per heavy atom. The first-order valence-electron chi connectivity index (χ1n) is 6.09. The van der Waals surface area contributed by atoms with Gasteiger partial charge in [0.2, 0.25) is 5.75 Å². The third-order valence-electron chi connectivity index (χ3n) is 2.65. The Morgan fingerprint density at radius 3 is 2.79 bits per heavy atom. The normalized spacial score (nSPS) is 10.4. The van der Waals surface area contributed by atoms with Crippen LogP contribution in [0.4, 0.5) is 0 Å². The number of benzene rings is 1. The summed E-state index contributed by atoms with van der Waals surface area (Å²) in [5.74, 6) is 0.283. The molecule has 1 heterocycles. The topological polar surface area (TPSA) is 55.0 Å². The molecule has 0 aliphatic heterocycles. The maximum absolute atomic E-state index is 11.6. The van der Waals surface area contributed by atoms with Gasteiger partial charge in [-0.25, -0.2) is 4.98 Å². The number of hydrogen-bond acceptors (Lipinski definition) is 4. The molecule has 0 radical (unpaired) electrons. The van der Waals surface area contributed by atoms with E-state index in [-0.39, 0.29) is 11.3 Å². The van der Waals surface area contributed by atoms with Crippen LogP contribution in [0.15, 0.2) is 46.5 Å². The van der Waals surface area contributed by atoms with Crippen molar-refractivity contribution in [3.8, 4) is 5.75 Å². The molecule has 1 N–H and O–H groups in total. The molecule has 5 heteroatoms. The lowest BCUT2D eigenvalue weighted by Gasteiger charge is -2.05. The zero-order valence-corrected chi connectivity index (χ0v) is 11.6. The van der Waals surface area contributed by atoms with E-state index in [1.807, 2.05) is 24.5 Å². The van der Waals surface area contributed by atoms with Gasteiger partial charge in [0, 0.05) is 0 Å². The van der Waals surface area contributed by atoms with Crippen LogP contribution in [-0.2, 0) is 6.42 Å². The summed E-state index contributed by atoms with van der Waals surface area (Å²) in [5, 5.41) is 0.599. The zero-order chi connectivity index (χ0) is 13.5. The van der Waals surface area contributed by atoms with Crippen LogP contribution in [0.2, 0.25) is 0 Å². The lowest BCUT2D eigenvalue weighted by Crippen LogP contribution is -2.13. The van der Waals surface area contributed by atoms with Crippen molar-refractivity contribution in [3.05, 3.63) is 52.4 Å². The number of rotatable bonds is 6.